The van der Waals surface area contributed by atoms with Crippen LogP contribution < -0.4 is 10.3 Å². The quantitative estimate of drug-likeness (QED) is 0.733. The topological polar surface area (TPSA) is 53.9 Å². The molecular formula is C22H28F3N3O2. The van der Waals surface area contributed by atoms with Gasteiger partial charge in [-0.25, -0.2) is 0 Å². The summed E-state index contributed by atoms with van der Waals surface area (Å²) in [6.45, 7) is 3.62. The van der Waals surface area contributed by atoms with Crippen molar-refractivity contribution in [3.05, 3.63) is 29.8 Å². The fraction of sp³-hybridized carbons (Fsp3) is 0.636. The van der Waals surface area contributed by atoms with Crippen molar-refractivity contribution in [3.63, 3.8) is 0 Å². The summed E-state index contributed by atoms with van der Waals surface area (Å²) in [4.78, 5) is 11.8. The van der Waals surface area contributed by atoms with E-state index in [4.69, 9.17) is 4.74 Å². The first-order valence-electron chi connectivity index (χ1n) is 10.6. The lowest BCUT2D eigenvalue weighted by Gasteiger charge is -2.31. The Kier molecular flexibility index (Phi) is 5.79. The van der Waals surface area contributed by atoms with E-state index in [2.05, 4.69) is 10.4 Å². The molecule has 30 heavy (non-hydrogen) atoms. The zero-order valence-electron chi connectivity index (χ0n) is 17.3. The van der Waals surface area contributed by atoms with E-state index in [9.17, 15) is 18.0 Å². The maximum Gasteiger partial charge on any atom is 0.431 e. The van der Waals surface area contributed by atoms with Gasteiger partial charge in [-0.2, -0.15) is 18.3 Å². The van der Waals surface area contributed by atoms with Crippen molar-refractivity contribution >= 4 is 17.4 Å². The normalized spacial score (nSPS) is 31.0. The number of methoxy groups -OCH3 is 1. The van der Waals surface area contributed by atoms with Gasteiger partial charge in [0.1, 0.15) is 5.71 Å². The number of carbonyl (C=O) groups is 1. The zero-order valence-corrected chi connectivity index (χ0v) is 17.3. The van der Waals surface area contributed by atoms with Gasteiger partial charge >= 0.3 is 12.1 Å². The third-order valence-corrected chi connectivity index (χ3v) is 7.04. The van der Waals surface area contributed by atoms with E-state index in [1.54, 1.807) is 0 Å². The lowest BCUT2D eigenvalue weighted by molar-refractivity contribution is -0.141. The number of anilines is 1. The molecule has 2 aliphatic heterocycles. The van der Waals surface area contributed by atoms with Gasteiger partial charge in [0.15, 0.2) is 0 Å². The van der Waals surface area contributed by atoms with Gasteiger partial charge in [0.2, 0.25) is 0 Å². The molecule has 0 unspecified atom stereocenters. The van der Waals surface area contributed by atoms with Crippen LogP contribution in [0.25, 0.3) is 0 Å². The standard InChI is InChI=1S/C22H28F3N3O2/c1-13-19(10-20(29)30-2)28(27-21(13)22(23,24)25)17-7-3-14(4-8-17)9-18-15-5-6-16(18)12-26-11-15/h3-4,7-8,13,15-16,18-19,26H,5-6,9-12H2,1-2H3/t13-,15+,16+,19-/m0/s1. The summed E-state index contributed by atoms with van der Waals surface area (Å²) in [5.74, 6) is 0.630. The number of hydrogen-bond donors (Lipinski definition) is 1. The molecule has 3 aliphatic rings. The Morgan fingerprint density at radius 3 is 2.40 bits per heavy atom. The molecule has 1 saturated heterocycles. The zero-order chi connectivity index (χ0) is 21.5. The molecule has 0 amide bonds. The Hall–Kier alpha value is -2.09. The van der Waals surface area contributed by atoms with E-state index in [0.717, 1.165) is 19.5 Å². The van der Waals surface area contributed by atoms with Crippen molar-refractivity contribution in [2.75, 3.05) is 25.2 Å². The third-order valence-electron chi connectivity index (χ3n) is 7.04. The number of hydrogen-bond acceptors (Lipinski definition) is 5. The van der Waals surface area contributed by atoms with Crippen LogP contribution in [-0.4, -0.2) is 44.1 Å². The summed E-state index contributed by atoms with van der Waals surface area (Å²) in [5.41, 5.74) is 0.901. The van der Waals surface area contributed by atoms with Crippen molar-refractivity contribution in [2.24, 2.45) is 28.8 Å². The maximum absolute atomic E-state index is 13.4. The minimum Gasteiger partial charge on any atom is -0.469 e. The fourth-order valence-corrected chi connectivity index (χ4v) is 5.35. The first-order valence-corrected chi connectivity index (χ1v) is 10.6. The van der Waals surface area contributed by atoms with E-state index in [1.165, 1.54) is 37.4 Å². The maximum atomic E-state index is 13.4. The number of hydrazone groups is 1. The van der Waals surface area contributed by atoms with E-state index in [1.807, 2.05) is 24.3 Å². The summed E-state index contributed by atoms with van der Waals surface area (Å²) in [7, 11) is 1.24. The molecule has 1 aromatic rings. The molecule has 0 spiro atoms. The number of piperidine rings is 1. The Morgan fingerprint density at radius 2 is 1.83 bits per heavy atom. The predicted molar refractivity (Wildman–Crippen MR) is 108 cm³/mol. The van der Waals surface area contributed by atoms with Gasteiger partial charge in [-0.1, -0.05) is 19.1 Å². The van der Waals surface area contributed by atoms with E-state index in [0.29, 0.717) is 23.4 Å². The van der Waals surface area contributed by atoms with Gasteiger partial charge < -0.3 is 10.1 Å². The Bertz CT molecular complexity index is 793. The number of fused-ring (bicyclic) bond motifs is 2. The van der Waals surface area contributed by atoms with Crippen LogP contribution in [0.4, 0.5) is 18.9 Å². The number of ether oxygens (including phenoxy) is 1. The van der Waals surface area contributed by atoms with Crippen LogP contribution in [0, 0.1) is 23.7 Å². The molecule has 1 aromatic carbocycles. The molecule has 1 saturated carbocycles. The van der Waals surface area contributed by atoms with Gasteiger partial charge in [0.05, 0.1) is 25.3 Å². The van der Waals surface area contributed by atoms with Crippen LogP contribution in [-0.2, 0) is 16.0 Å². The lowest BCUT2D eigenvalue weighted by atomic mass is 9.81. The highest BCUT2D eigenvalue weighted by Gasteiger charge is 2.49. The third kappa shape index (κ3) is 4.06. The molecule has 0 aromatic heterocycles. The highest BCUT2D eigenvalue weighted by molar-refractivity contribution is 5.96. The molecule has 5 nitrogen and oxygen atoms in total. The molecule has 2 fully saturated rings. The van der Waals surface area contributed by atoms with Crippen molar-refractivity contribution in [2.45, 2.75) is 44.8 Å². The van der Waals surface area contributed by atoms with Gasteiger partial charge in [-0.15, -0.1) is 0 Å². The van der Waals surface area contributed by atoms with Crippen molar-refractivity contribution in [1.29, 1.82) is 0 Å². The molecule has 1 aliphatic carbocycles. The fourth-order valence-electron chi connectivity index (χ4n) is 5.35. The lowest BCUT2D eigenvalue weighted by Crippen LogP contribution is -2.39. The van der Waals surface area contributed by atoms with Gasteiger partial charge in [0.25, 0.3) is 0 Å². The molecule has 4 rings (SSSR count). The van der Waals surface area contributed by atoms with Crippen molar-refractivity contribution < 1.29 is 22.7 Å². The minimum absolute atomic E-state index is 0.152. The van der Waals surface area contributed by atoms with Crippen LogP contribution in [0.3, 0.4) is 0 Å². The second kappa shape index (κ2) is 8.21. The number of halogens is 3. The van der Waals surface area contributed by atoms with Crippen molar-refractivity contribution in [1.82, 2.24) is 5.32 Å². The summed E-state index contributed by atoms with van der Waals surface area (Å²) < 4.78 is 44.9. The van der Waals surface area contributed by atoms with E-state index >= 15 is 0 Å². The number of carbonyl (C=O) groups excluding carboxylic acids is 1. The minimum atomic E-state index is -4.53. The summed E-state index contributed by atoms with van der Waals surface area (Å²) in [6.07, 6.45) is -1.14. The molecule has 4 atom stereocenters. The average molecular weight is 423 g/mol. The number of rotatable bonds is 5. The SMILES string of the molecule is COC(=O)C[C@H]1[C@H](C)C(C(F)(F)F)=NN1c1ccc(CC2[C@@H]3CC[C@@H]2CNC3)cc1. The van der Waals surface area contributed by atoms with Crippen LogP contribution in [0.5, 0.6) is 0 Å². The molecule has 164 valence electrons. The van der Waals surface area contributed by atoms with E-state index < -0.39 is 29.8 Å². The number of benzene rings is 1. The highest BCUT2D eigenvalue weighted by Crippen LogP contribution is 2.41. The molecule has 0 radical (unpaired) electrons. The van der Waals surface area contributed by atoms with Crippen LogP contribution in [0.2, 0.25) is 0 Å². The molecule has 2 bridgehead atoms. The van der Waals surface area contributed by atoms with Gasteiger partial charge in [-0.3, -0.25) is 9.80 Å². The summed E-state index contributed by atoms with van der Waals surface area (Å²) >= 11 is 0. The Balaban J connectivity index is 1.53. The van der Waals surface area contributed by atoms with Crippen LogP contribution >= 0.6 is 0 Å². The van der Waals surface area contributed by atoms with Gasteiger partial charge in [-0.05, 0) is 67.8 Å². The Labute approximate surface area is 174 Å². The average Bonchev–Trinajstić information content (AvgIpc) is 3.13. The molecule has 2 heterocycles. The smallest absolute Gasteiger partial charge is 0.431 e. The first kappa shape index (κ1) is 21.2. The Morgan fingerprint density at radius 1 is 1.20 bits per heavy atom. The molecule has 1 N–H and O–H groups in total. The summed E-state index contributed by atoms with van der Waals surface area (Å²) in [6, 6.07) is 6.88. The number of nitrogens with one attached hydrogen (secondary N) is 1. The van der Waals surface area contributed by atoms with Crippen LogP contribution in [0.15, 0.2) is 29.4 Å². The molecule has 8 heteroatoms. The van der Waals surface area contributed by atoms with Gasteiger partial charge in [0, 0.05) is 5.92 Å². The molecular weight excluding hydrogens is 395 g/mol. The number of nitrogens with zero attached hydrogens (tertiary/aromatic N) is 2. The van der Waals surface area contributed by atoms with Crippen molar-refractivity contribution in [3.8, 4) is 0 Å². The van der Waals surface area contributed by atoms with Crippen LogP contribution in [0.1, 0.15) is 31.7 Å². The predicted octanol–water partition coefficient (Wildman–Crippen LogP) is 3.78. The highest BCUT2D eigenvalue weighted by atomic mass is 19.4. The number of alkyl halides is 3. The first-order chi connectivity index (χ1) is 14.3. The second-order valence-corrected chi connectivity index (χ2v) is 8.75. The monoisotopic (exact) mass is 423 g/mol. The summed E-state index contributed by atoms with van der Waals surface area (Å²) in [5, 5.41) is 8.71. The largest absolute Gasteiger partial charge is 0.469 e. The van der Waals surface area contributed by atoms with E-state index in [-0.39, 0.29) is 6.42 Å². The number of esters is 1. The second-order valence-electron chi connectivity index (χ2n) is 8.75.